The lowest BCUT2D eigenvalue weighted by molar-refractivity contribution is 0.253. The summed E-state index contributed by atoms with van der Waals surface area (Å²) in [6.07, 6.45) is 2.52. The molecule has 1 N–H and O–H groups in total. The third kappa shape index (κ3) is 2.91. The molecule has 1 aromatic rings. The smallest absolute Gasteiger partial charge is 0.0386 e. The molecule has 0 unspecified atom stereocenters. The topological polar surface area (TPSA) is 18.5 Å². The molecular formula is C14H23N3. The molecule has 0 spiro atoms. The molecule has 0 bridgehead atoms. The fourth-order valence-electron chi connectivity index (χ4n) is 2.47. The van der Waals surface area contributed by atoms with Gasteiger partial charge in [-0.15, -0.1) is 0 Å². The fraction of sp³-hybridized carbons (Fsp3) is 0.571. The summed E-state index contributed by atoms with van der Waals surface area (Å²) in [6, 6.07) is 9.31. The molecule has 1 aromatic carbocycles. The van der Waals surface area contributed by atoms with Crippen LogP contribution in [0.3, 0.4) is 0 Å². The summed E-state index contributed by atoms with van der Waals surface area (Å²) in [5.74, 6) is 0. The average Bonchev–Trinajstić information content (AvgIpc) is 2.39. The second kappa shape index (κ2) is 5.41. The zero-order valence-electron chi connectivity index (χ0n) is 11.1. The minimum absolute atomic E-state index is 0.679. The monoisotopic (exact) mass is 233 g/mol. The highest BCUT2D eigenvalue weighted by Crippen LogP contribution is 2.23. The van der Waals surface area contributed by atoms with Gasteiger partial charge in [0.05, 0.1) is 0 Å². The van der Waals surface area contributed by atoms with E-state index in [1.165, 1.54) is 37.3 Å². The lowest BCUT2D eigenvalue weighted by Gasteiger charge is -2.36. The maximum atomic E-state index is 3.20. The van der Waals surface area contributed by atoms with Gasteiger partial charge in [-0.2, -0.15) is 0 Å². The lowest BCUT2D eigenvalue weighted by atomic mass is 10.0. The van der Waals surface area contributed by atoms with Gasteiger partial charge in [0, 0.05) is 31.5 Å². The first kappa shape index (κ1) is 12.2. The Morgan fingerprint density at radius 2 is 2.00 bits per heavy atom. The number of nitrogens with zero attached hydrogens (tertiary/aromatic N) is 2. The predicted molar refractivity (Wildman–Crippen MR) is 74.9 cm³/mol. The molecular weight excluding hydrogens is 210 g/mol. The second-order valence-electron chi connectivity index (χ2n) is 4.95. The first-order valence-electron chi connectivity index (χ1n) is 6.40. The van der Waals surface area contributed by atoms with Gasteiger partial charge in [-0.3, -0.25) is 0 Å². The number of likely N-dealkylation sites (tertiary alicyclic amines) is 1. The normalized spacial score (nSPS) is 18.1. The number of anilines is 2. The molecule has 1 saturated heterocycles. The van der Waals surface area contributed by atoms with E-state index in [1.54, 1.807) is 0 Å². The van der Waals surface area contributed by atoms with E-state index >= 15 is 0 Å². The molecule has 0 amide bonds. The van der Waals surface area contributed by atoms with E-state index in [-0.39, 0.29) is 0 Å². The van der Waals surface area contributed by atoms with Crippen LogP contribution in [0.1, 0.15) is 12.8 Å². The van der Waals surface area contributed by atoms with Crippen molar-refractivity contribution in [2.75, 3.05) is 44.4 Å². The van der Waals surface area contributed by atoms with Crippen LogP contribution < -0.4 is 10.2 Å². The third-order valence-electron chi connectivity index (χ3n) is 3.78. The van der Waals surface area contributed by atoms with Gasteiger partial charge in [0.15, 0.2) is 0 Å². The number of benzene rings is 1. The van der Waals surface area contributed by atoms with Crippen LogP contribution in [0.5, 0.6) is 0 Å². The van der Waals surface area contributed by atoms with E-state index in [2.05, 4.69) is 53.5 Å². The van der Waals surface area contributed by atoms with E-state index in [0.717, 1.165) is 0 Å². The van der Waals surface area contributed by atoms with Gasteiger partial charge in [-0.25, -0.2) is 0 Å². The van der Waals surface area contributed by atoms with Crippen molar-refractivity contribution in [2.24, 2.45) is 0 Å². The SMILES string of the molecule is CNc1cccc(N(C)C2CCN(C)CC2)c1. The van der Waals surface area contributed by atoms with Crippen LogP contribution in [-0.2, 0) is 0 Å². The van der Waals surface area contributed by atoms with Gasteiger partial charge < -0.3 is 15.1 Å². The number of hydrogen-bond acceptors (Lipinski definition) is 3. The zero-order valence-corrected chi connectivity index (χ0v) is 11.1. The molecule has 3 nitrogen and oxygen atoms in total. The predicted octanol–water partition coefficient (Wildman–Crippen LogP) is 2.26. The third-order valence-corrected chi connectivity index (χ3v) is 3.78. The van der Waals surface area contributed by atoms with Crippen molar-refractivity contribution in [1.82, 2.24) is 4.90 Å². The van der Waals surface area contributed by atoms with Crippen molar-refractivity contribution in [3.05, 3.63) is 24.3 Å². The second-order valence-corrected chi connectivity index (χ2v) is 4.95. The van der Waals surface area contributed by atoms with Gasteiger partial charge in [-0.05, 0) is 51.2 Å². The lowest BCUT2D eigenvalue weighted by Crippen LogP contribution is -2.41. The first-order valence-corrected chi connectivity index (χ1v) is 6.40. The number of rotatable bonds is 3. The molecule has 1 heterocycles. The van der Waals surface area contributed by atoms with Crippen LogP contribution in [-0.4, -0.2) is 45.2 Å². The molecule has 0 aliphatic carbocycles. The largest absolute Gasteiger partial charge is 0.388 e. The van der Waals surface area contributed by atoms with E-state index in [9.17, 15) is 0 Å². The van der Waals surface area contributed by atoms with E-state index < -0.39 is 0 Å². The van der Waals surface area contributed by atoms with Crippen molar-refractivity contribution in [2.45, 2.75) is 18.9 Å². The van der Waals surface area contributed by atoms with Crippen LogP contribution in [0.25, 0.3) is 0 Å². The van der Waals surface area contributed by atoms with Gasteiger partial charge in [0.2, 0.25) is 0 Å². The summed E-state index contributed by atoms with van der Waals surface area (Å²) in [6.45, 7) is 2.42. The molecule has 0 aromatic heterocycles. The minimum atomic E-state index is 0.679. The Balaban J connectivity index is 2.05. The van der Waals surface area contributed by atoms with E-state index in [0.29, 0.717) is 6.04 Å². The highest BCUT2D eigenvalue weighted by Gasteiger charge is 2.20. The van der Waals surface area contributed by atoms with Gasteiger partial charge in [0.1, 0.15) is 0 Å². The average molecular weight is 233 g/mol. The fourth-order valence-corrected chi connectivity index (χ4v) is 2.47. The summed E-state index contributed by atoms with van der Waals surface area (Å²) >= 11 is 0. The van der Waals surface area contributed by atoms with Gasteiger partial charge in [0.25, 0.3) is 0 Å². The summed E-state index contributed by atoms with van der Waals surface area (Å²) in [5, 5.41) is 3.20. The molecule has 94 valence electrons. The van der Waals surface area contributed by atoms with Crippen molar-refractivity contribution in [1.29, 1.82) is 0 Å². The van der Waals surface area contributed by atoms with Crippen molar-refractivity contribution >= 4 is 11.4 Å². The molecule has 0 saturated carbocycles. The standard InChI is InChI=1S/C14H23N3/c1-15-12-5-4-6-14(11-12)17(3)13-7-9-16(2)10-8-13/h4-6,11,13,15H,7-10H2,1-3H3. The van der Waals surface area contributed by atoms with Crippen LogP contribution in [0.15, 0.2) is 24.3 Å². The van der Waals surface area contributed by atoms with Gasteiger partial charge in [-0.1, -0.05) is 6.07 Å². The van der Waals surface area contributed by atoms with Crippen LogP contribution in [0, 0.1) is 0 Å². The maximum Gasteiger partial charge on any atom is 0.0386 e. The van der Waals surface area contributed by atoms with Crippen LogP contribution >= 0.6 is 0 Å². The molecule has 0 radical (unpaired) electrons. The summed E-state index contributed by atoms with van der Waals surface area (Å²) in [5.41, 5.74) is 2.49. The Morgan fingerprint density at radius 1 is 1.29 bits per heavy atom. The molecule has 2 rings (SSSR count). The summed E-state index contributed by atoms with van der Waals surface area (Å²) in [7, 11) is 6.39. The van der Waals surface area contributed by atoms with Gasteiger partial charge >= 0.3 is 0 Å². The number of hydrogen-bond donors (Lipinski definition) is 1. The van der Waals surface area contributed by atoms with Crippen LogP contribution in [0.4, 0.5) is 11.4 Å². The molecule has 0 atom stereocenters. The molecule has 1 fully saturated rings. The summed E-state index contributed by atoms with van der Waals surface area (Å²) in [4.78, 5) is 4.84. The number of nitrogens with one attached hydrogen (secondary N) is 1. The summed E-state index contributed by atoms with van der Waals surface area (Å²) < 4.78 is 0. The Hall–Kier alpha value is -1.22. The Bertz CT molecular complexity index is 356. The first-order chi connectivity index (χ1) is 8.20. The van der Waals surface area contributed by atoms with E-state index in [1.807, 2.05) is 7.05 Å². The Kier molecular flexibility index (Phi) is 3.89. The quantitative estimate of drug-likeness (QED) is 0.864. The maximum absolute atomic E-state index is 3.20. The molecule has 1 aliphatic rings. The zero-order chi connectivity index (χ0) is 12.3. The Labute approximate surface area is 104 Å². The highest BCUT2D eigenvalue weighted by molar-refractivity contribution is 5.58. The van der Waals surface area contributed by atoms with Crippen molar-refractivity contribution < 1.29 is 0 Å². The van der Waals surface area contributed by atoms with Crippen molar-refractivity contribution in [3.63, 3.8) is 0 Å². The molecule has 17 heavy (non-hydrogen) atoms. The highest BCUT2D eigenvalue weighted by atomic mass is 15.2. The minimum Gasteiger partial charge on any atom is -0.388 e. The molecule has 1 aliphatic heterocycles. The van der Waals surface area contributed by atoms with Crippen molar-refractivity contribution in [3.8, 4) is 0 Å². The Morgan fingerprint density at radius 3 is 2.65 bits per heavy atom. The molecule has 3 heteroatoms. The van der Waals surface area contributed by atoms with E-state index in [4.69, 9.17) is 0 Å². The number of piperidine rings is 1. The van der Waals surface area contributed by atoms with Crippen LogP contribution in [0.2, 0.25) is 0 Å².